The lowest BCUT2D eigenvalue weighted by Crippen LogP contribution is -2.45. The van der Waals surface area contributed by atoms with E-state index in [2.05, 4.69) is 33.6 Å². The van der Waals surface area contributed by atoms with Gasteiger partial charge in [-0.05, 0) is 68.0 Å². The maximum Gasteiger partial charge on any atom is 0.190 e. The average molecular weight is 392 g/mol. The van der Waals surface area contributed by atoms with Gasteiger partial charge in [-0.25, -0.2) is 5.01 Å². The smallest absolute Gasteiger partial charge is 0.190 e. The van der Waals surface area contributed by atoms with Gasteiger partial charge in [0.2, 0.25) is 0 Å². The van der Waals surface area contributed by atoms with Crippen LogP contribution in [0.25, 0.3) is 0 Å². The number of nitrogens with one attached hydrogen (secondary N) is 2. The second kappa shape index (κ2) is 6.47. The monoisotopic (exact) mass is 391 g/mol. The molecule has 0 radical (unpaired) electrons. The number of rotatable bonds is 4. The average Bonchev–Trinajstić information content (AvgIpc) is 2.85. The van der Waals surface area contributed by atoms with Crippen molar-refractivity contribution in [2.75, 3.05) is 11.6 Å². The van der Waals surface area contributed by atoms with Crippen molar-refractivity contribution in [1.82, 2.24) is 10.7 Å². The van der Waals surface area contributed by atoms with Gasteiger partial charge < -0.3 is 10.1 Å². The lowest BCUT2D eigenvalue weighted by atomic mass is 10.0. The largest absolute Gasteiger partial charge is 0.494 e. The molecule has 0 aliphatic carbocycles. The Bertz CT molecular complexity index is 705. The van der Waals surface area contributed by atoms with Crippen LogP contribution in [-0.2, 0) is 5.66 Å². The molecule has 1 atom stereocenters. The number of hydrazine groups is 1. The molecular formula is C17H18BrN3OS. The topological polar surface area (TPSA) is 36.5 Å². The van der Waals surface area contributed by atoms with Crippen LogP contribution < -0.4 is 20.5 Å². The molecule has 1 fully saturated rings. The number of hydrogen-bond donors (Lipinski definition) is 2. The van der Waals surface area contributed by atoms with Gasteiger partial charge in [0, 0.05) is 4.47 Å². The number of thiocarbonyl (C=S) groups is 1. The third-order valence-electron chi connectivity index (χ3n) is 3.72. The van der Waals surface area contributed by atoms with Crippen LogP contribution in [-0.4, -0.2) is 11.7 Å². The molecule has 0 amide bonds. The molecule has 120 valence electrons. The number of benzene rings is 2. The third kappa shape index (κ3) is 3.34. The lowest BCUT2D eigenvalue weighted by Gasteiger charge is -2.26. The van der Waals surface area contributed by atoms with E-state index in [0.29, 0.717) is 11.7 Å². The van der Waals surface area contributed by atoms with E-state index in [4.69, 9.17) is 17.0 Å². The highest BCUT2D eigenvalue weighted by Crippen LogP contribution is 2.28. The van der Waals surface area contributed by atoms with Gasteiger partial charge in [-0.3, -0.25) is 0 Å². The Balaban J connectivity index is 1.83. The third-order valence-corrected chi connectivity index (χ3v) is 4.54. The van der Waals surface area contributed by atoms with E-state index < -0.39 is 5.66 Å². The first-order valence-corrected chi connectivity index (χ1v) is 8.61. The molecule has 4 nitrogen and oxygen atoms in total. The Hall–Kier alpha value is -1.63. The van der Waals surface area contributed by atoms with Crippen LogP contribution in [0.4, 0.5) is 5.69 Å². The van der Waals surface area contributed by atoms with E-state index in [1.807, 2.05) is 60.5 Å². The molecule has 3 rings (SSSR count). The van der Waals surface area contributed by atoms with Gasteiger partial charge in [-0.2, -0.15) is 5.43 Å². The first-order valence-electron chi connectivity index (χ1n) is 7.41. The van der Waals surface area contributed by atoms with E-state index in [-0.39, 0.29) is 0 Å². The Morgan fingerprint density at radius 1 is 1.13 bits per heavy atom. The number of halogens is 1. The molecule has 1 aliphatic heterocycles. The molecule has 6 heteroatoms. The minimum Gasteiger partial charge on any atom is -0.494 e. The van der Waals surface area contributed by atoms with Crippen molar-refractivity contribution < 1.29 is 4.74 Å². The van der Waals surface area contributed by atoms with E-state index in [0.717, 1.165) is 21.5 Å². The summed E-state index contributed by atoms with van der Waals surface area (Å²) in [6, 6.07) is 16.0. The van der Waals surface area contributed by atoms with Gasteiger partial charge in [0.05, 0.1) is 12.3 Å². The highest BCUT2D eigenvalue weighted by Gasteiger charge is 2.38. The molecule has 0 bridgehead atoms. The van der Waals surface area contributed by atoms with E-state index in [1.54, 1.807) is 0 Å². The Kier molecular flexibility index (Phi) is 4.57. The summed E-state index contributed by atoms with van der Waals surface area (Å²) in [5.74, 6) is 0.866. The quantitative estimate of drug-likeness (QED) is 0.772. The zero-order chi connectivity index (χ0) is 16.4. The fraction of sp³-hybridized carbons (Fsp3) is 0.235. The summed E-state index contributed by atoms with van der Waals surface area (Å²) >= 11 is 8.94. The van der Waals surface area contributed by atoms with Crippen molar-refractivity contribution in [3.63, 3.8) is 0 Å². The van der Waals surface area contributed by atoms with Crippen molar-refractivity contribution in [2.24, 2.45) is 0 Å². The van der Waals surface area contributed by atoms with Gasteiger partial charge in [0.15, 0.2) is 5.11 Å². The minimum atomic E-state index is -0.463. The summed E-state index contributed by atoms with van der Waals surface area (Å²) in [5.41, 5.74) is 5.05. The van der Waals surface area contributed by atoms with Crippen LogP contribution in [0.5, 0.6) is 5.75 Å². The van der Waals surface area contributed by atoms with Crippen LogP contribution in [0.1, 0.15) is 19.4 Å². The standard InChI is InChI=1S/C17H18BrN3OS/c1-3-22-15-10-4-12(5-11-15)17(2)19-16(23)21(20-17)14-8-6-13(18)7-9-14/h4-11,20H,3H2,1-2H3,(H,19,23). The number of anilines is 1. The Morgan fingerprint density at radius 2 is 1.78 bits per heavy atom. The van der Waals surface area contributed by atoms with Crippen molar-refractivity contribution in [3.05, 3.63) is 58.6 Å². The summed E-state index contributed by atoms with van der Waals surface area (Å²) in [4.78, 5) is 0. The summed E-state index contributed by atoms with van der Waals surface area (Å²) in [6.07, 6.45) is 0. The molecule has 1 heterocycles. The van der Waals surface area contributed by atoms with E-state index in [9.17, 15) is 0 Å². The second-order valence-electron chi connectivity index (χ2n) is 5.44. The first-order chi connectivity index (χ1) is 11.0. The summed E-state index contributed by atoms with van der Waals surface area (Å²) in [6.45, 7) is 4.70. The fourth-order valence-corrected chi connectivity index (χ4v) is 3.15. The molecule has 0 saturated carbocycles. The van der Waals surface area contributed by atoms with E-state index >= 15 is 0 Å². The molecular weight excluding hydrogens is 374 g/mol. The van der Waals surface area contributed by atoms with Crippen molar-refractivity contribution in [2.45, 2.75) is 19.5 Å². The maximum atomic E-state index is 5.50. The zero-order valence-electron chi connectivity index (χ0n) is 13.0. The predicted octanol–water partition coefficient (Wildman–Crippen LogP) is 3.92. The molecule has 2 aromatic rings. The molecule has 0 spiro atoms. The zero-order valence-corrected chi connectivity index (χ0v) is 15.4. The highest BCUT2D eigenvalue weighted by atomic mass is 79.9. The van der Waals surface area contributed by atoms with Gasteiger partial charge >= 0.3 is 0 Å². The van der Waals surface area contributed by atoms with Gasteiger partial charge in [0.25, 0.3) is 0 Å². The van der Waals surface area contributed by atoms with Crippen LogP contribution in [0, 0.1) is 0 Å². The summed E-state index contributed by atoms with van der Waals surface area (Å²) < 4.78 is 6.53. The van der Waals surface area contributed by atoms with Crippen molar-refractivity contribution in [1.29, 1.82) is 0 Å². The molecule has 2 N–H and O–H groups in total. The number of nitrogens with zero attached hydrogens (tertiary/aromatic N) is 1. The fourth-order valence-electron chi connectivity index (χ4n) is 2.53. The molecule has 1 unspecified atom stereocenters. The molecule has 1 saturated heterocycles. The normalized spacial score (nSPS) is 20.5. The first kappa shape index (κ1) is 16.2. The molecule has 23 heavy (non-hydrogen) atoms. The highest BCUT2D eigenvalue weighted by molar-refractivity contribution is 9.10. The Labute approximate surface area is 149 Å². The second-order valence-corrected chi connectivity index (χ2v) is 6.74. The number of hydrogen-bond acceptors (Lipinski definition) is 3. The number of ether oxygens (including phenoxy) is 1. The molecule has 0 aromatic heterocycles. The SMILES string of the molecule is CCOc1ccc(C2(C)NC(=S)N(c3ccc(Br)cc3)N2)cc1. The summed E-state index contributed by atoms with van der Waals surface area (Å²) in [5, 5.41) is 5.88. The van der Waals surface area contributed by atoms with Crippen LogP contribution in [0.2, 0.25) is 0 Å². The Morgan fingerprint density at radius 3 is 2.39 bits per heavy atom. The van der Waals surface area contributed by atoms with Crippen LogP contribution >= 0.6 is 28.1 Å². The van der Waals surface area contributed by atoms with Crippen LogP contribution in [0.15, 0.2) is 53.0 Å². The van der Waals surface area contributed by atoms with Crippen molar-refractivity contribution >= 4 is 38.9 Å². The van der Waals surface area contributed by atoms with Crippen LogP contribution in [0.3, 0.4) is 0 Å². The summed E-state index contributed by atoms with van der Waals surface area (Å²) in [7, 11) is 0. The molecule has 1 aliphatic rings. The predicted molar refractivity (Wildman–Crippen MR) is 100 cm³/mol. The van der Waals surface area contributed by atoms with Crippen molar-refractivity contribution in [3.8, 4) is 5.75 Å². The van der Waals surface area contributed by atoms with Gasteiger partial charge in [0.1, 0.15) is 11.4 Å². The lowest BCUT2D eigenvalue weighted by molar-refractivity contribution is 0.339. The van der Waals surface area contributed by atoms with Gasteiger partial charge in [-0.1, -0.05) is 28.1 Å². The molecule has 2 aromatic carbocycles. The minimum absolute atomic E-state index is 0.463. The maximum absolute atomic E-state index is 5.50. The van der Waals surface area contributed by atoms with E-state index in [1.165, 1.54) is 0 Å². The van der Waals surface area contributed by atoms with Gasteiger partial charge in [-0.15, -0.1) is 0 Å².